The van der Waals surface area contributed by atoms with E-state index in [1.165, 1.54) is 6.07 Å². The summed E-state index contributed by atoms with van der Waals surface area (Å²) >= 11 is 6.38. The Hall–Kier alpha value is -5.04. The van der Waals surface area contributed by atoms with Crippen molar-refractivity contribution in [3.8, 4) is 0 Å². The number of fused-ring (bicyclic) bond motifs is 4. The molecule has 2 N–H and O–H groups in total. The Labute approximate surface area is 256 Å². The molecule has 7 rings (SSSR count). The van der Waals surface area contributed by atoms with E-state index in [1.54, 1.807) is 24.5 Å². The molecule has 4 heterocycles. The van der Waals surface area contributed by atoms with Gasteiger partial charge in [0.05, 0.1) is 29.9 Å². The molecule has 8 nitrogen and oxygen atoms in total. The van der Waals surface area contributed by atoms with Gasteiger partial charge in [-0.3, -0.25) is 14.6 Å². The molecule has 0 fully saturated rings. The number of carbonyl (C=O) groups excluding carboxylic acids is 2. The van der Waals surface area contributed by atoms with Gasteiger partial charge in [-0.05, 0) is 54.6 Å². The first-order valence-electron chi connectivity index (χ1n) is 13.6. The first-order chi connectivity index (χ1) is 21.5. The molecule has 0 bridgehead atoms. The highest BCUT2D eigenvalue weighted by atomic mass is 35.5. The monoisotopic (exact) mass is 638 g/mol. The average Bonchev–Trinajstić information content (AvgIpc) is 3.54. The van der Waals surface area contributed by atoms with E-state index < -0.39 is 46.8 Å². The lowest BCUT2D eigenvalue weighted by molar-refractivity contribution is -0.137. The first kappa shape index (κ1) is 28.7. The van der Waals surface area contributed by atoms with Crippen molar-refractivity contribution in [3.63, 3.8) is 0 Å². The minimum Gasteiger partial charge on any atom is -0.362 e. The number of alkyl halides is 3. The number of nitrogens with zero attached hydrogens (tertiary/aromatic N) is 4. The summed E-state index contributed by atoms with van der Waals surface area (Å²) in [7, 11) is 0. The number of carbonyl (C=O) groups is 2. The number of benzene rings is 3. The van der Waals surface area contributed by atoms with Crippen LogP contribution in [0.3, 0.4) is 0 Å². The maximum Gasteiger partial charge on any atom is 0.416 e. The molecule has 0 radical (unpaired) electrons. The number of hydrogen-bond donors (Lipinski definition) is 2. The van der Waals surface area contributed by atoms with Crippen LogP contribution in [-0.4, -0.2) is 32.9 Å². The van der Waals surface area contributed by atoms with Crippen molar-refractivity contribution in [3.05, 3.63) is 117 Å². The van der Waals surface area contributed by atoms with E-state index in [4.69, 9.17) is 11.6 Å². The Bertz CT molecular complexity index is 2050. The molecule has 0 aliphatic carbocycles. The number of halogens is 6. The molecule has 5 aromatic rings. The van der Waals surface area contributed by atoms with Crippen LogP contribution in [0.15, 0.2) is 67.0 Å². The molecule has 0 unspecified atom stereocenters. The van der Waals surface area contributed by atoms with Gasteiger partial charge < -0.3 is 20.1 Å². The van der Waals surface area contributed by atoms with Crippen molar-refractivity contribution in [2.45, 2.75) is 25.3 Å². The number of pyridine rings is 1. The van der Waals surface area contributed by atoms with Gasteiger partial charge in [0.2, 0.25) is 0 Å². The molecular weight excluding hydrogens is 619 g/mol. The van der Waals surface area contributed by atoms with Crippen LogP contribution < -0.4 is 15.5 Å². The second-order valence-electron chi connectivity index (χ2n) is 10.7. The first-order valence-corrected chi connectivity index (χ1v) is 14.0. The SMILES string of the molecule is O=C(Nc1cc(N2CCn3c(nc4cnccc43)C2)cc2c1[C@H](c1cc(F)ccc1Cl)NC2=O)c1cc(F)cc(C(F)(F)F)c1. The Balaban J connectivity index is 1.33. The Morgan fingerprint density at radius 1 is 1.02 bits per heavy atom. The average molecular weight is 639 g/mol. The van der Waals surface area contributed by atoms with Gasteiger partial charge in [-0.25, -0.2) is 13.8 Å². The minimum atomic E-state index is -4.89. The van der Waals surface area contributed by atoms with Gasteiger partial charge >= 0.3 is 6.18 Å². The lowest BCUT2D eigenvalue weighted by Gasteiger charge is -2.31. The van der Waals surface area contributed by atoms with E-state index in [1.807, 2.05) is 11.0 Å². The number of aromatic nitrogens is 3. The molecule has 0 saturated heterocycles. The molecular formula is C31H20ClF5N6O2. The summed E-state index contributed by atoms with van der Waals surface area (Å²) in [5, 5.41) is 5.49. The summed E-state index contributed by atoms with van der Waals surface area (Å²) in [6.45, 7) is 1.37. The fraction of sp³-hybridized carbons (Fsp3) is 0.161. The number of rotatable bonds is 4. The molecule has 2 aliphatic rings. The van der Waals surface area contributed by atoms with Gasteiger partial charge in [-0.2, -0.15) is 13.2 Å². The summed E-state index contributed by atoms with van der Waals surface area (Å²) in [5.41, 5.74) is 0.868. The van der Waals surface area contributed by atoms with Gasteiger partial charge in [0, 0.05) is 57.9 Å². The van der Waals surface area contributed by atoms with Crippen LogP contribution in [0.2, 0.25) is 5.02 Å². The zero-order valence-corrected chi connectivity index (χ0v) is 23.7. The summed E-state index contributed by atoms with van der Waals surface area (Å²) in [6.07, 6.45) is -1.56. The molecule has 0 spiro atoms. The van der Waals surface area contributed by atoms with Crippen LogP contribution in [0.5, 0.6) is 0 Å². The molecule has 2 amide bonds. The minimum absolute atomic E-state index is 0.0530. The highest BCUT2D eigenvalue weighted by Gasteiger charge is 2.36. The lowest BCUT2D eigenvalue weighted by atomic mass is 9.95. The molecule has 3 aromatic carbocycles. The van der Waals surface area contributed by atoms with E-state index in [-0.39, 0.29) is 27.4 Å². The van der Waals surface area contributed by atoms with Crippen molar-refractivity contribution in [2.24, 2.45) is 0 Å². The van der Waals surface area contributed by atoms with Crippen LogP contribution in [0.25, 0.3) is 11.0 Å². The van der Waals surface area contributed by atoms with Crippen molar-refractivity contribution in [1.82, 2.24) is 19.9 Å². The van der Waals surface area contributed by atoms with Crippen molar-refractivity contribution in [2.75, 3.05) is 16.8 Å². The summed E-state index contributed by atoms with van der Waals surface area (Å²) < 4.78 is 70.7. The quantitative estimate of drug-likeness (QED) is 0.220. The molecule has 228 valence electrons. The van der Waals surface area contributed by atoms with E-state index in [0.29, 0.717) is 43.5 Å². The number of anilines is 2. The number of imidazole rings is 1. The molecule has 45 heavy (non-hydrogen) atoms. The van der Waals surface area contributed by atoms with Crippen LogP contribution >= 0.6 is 11.6 Å². The van der Waals surface area contributed by atoms with Crippen LogP contribution in [0.4, 0.5) is 33.3 Å². The predicted octanol–water partition coefficient (Wildman–Crippen LogP) is 6.49. The second kappa shape index (κ2) is 10.5. The molecule has 0 saturated carbocycles. The van der Waals surface area contributed by atoms with E-state index in [2.05, 4.69) is 25.2 Å². The molecule has 2 aromatic heterocycles. The van der Waals surface area contributed by atoms with Crippen LogP contribution in [-0.2, 0) is 19.3 Å². The smallest absolute Gasteiger partial charge is 0.362 e. The van der Waals surface area contributed by atoms with Crippen molar-refractivity contribution in [1.29, 1.82) is 0 Å². The topological polar surface area (TPSA) is 92.2 Å². The zero-order chi connectivity index (χ0) is 31.6. The van der Waals surface area contributed by atoms with Crippen molar-refractivity contribution >= 4 is 45.8 Å². The Kier molecular flexibility index (Phi) is 6.73. The standard InChI is InChI=1S/C31H20ClF5N6O2/c32-22-2-1-17(33)10-20(22)28-27-21(30(45)41-28)11-19(42-5-6-43-25-3-4-38-13-24(25)39-26(43)14-42)12-23(27)40-29(44)15-7-16(31(35,36)37)9-18(34)8-15/h1-4,7-13,28H,5-6,14H2,(H,40,44)(H,41,45)/t28-/m0/s1. The fourth-order valence-electron chi connectivity index (χ4n) is 5.84. The van der Waals surface area contributed by atoms with Gasteiger partial charge in [0.25, 0.3) is 11.8 Å². The summed E-state index contributed by atoms with van der Waals surface area (Å²) in [4.78, 5) is 37.4. The fourth-order valence-corrected chi connectivity index (χ4v) is 6.07. The van der Waals surface area contributed by atoms with Gasteiger partial charge in [-0.1, -0.05) is 11.6 Å². The molecule has 14 heteroatoms. The third-order valence-corrected chi connectivity index (χ3v) is 8.24. The Morgan fingerprint density at radius 2 is 1.84 bits per heavy atom. The summed E-state index contributed by atoms with van der Waals surface area (Å²) in [5.74, 6) is -2.71. The predicted molar refractivity (Wildman–Crippen MR) is 155 cm³/mol. The number of amides is 2. The number of hydrogen-bond acceptors (Lipinski definition) is 5. The highest BCUT2D eigenvalue weighted by molar-refractivity contribution is 6.31. The van der Waals surface area contributed by atoms with Crippen LogP contribution in [0.1, 0.15) is 49.3 Å². The lowest BCUT2D eigenvalue weighted by Crippen LogP contribution is -2.34. The van der Waals surface area contributed by atoms with E-state index >= 15 is 0 Å². The highest BCUT2D eigenvalue weighted by Crippen LogP contribution is 2.42. The maximum absolute atomic E-state index is 14.3. The van der Waals surface area contributed by atoms with Gasteiger partial charge in [-0.15, -0.1) is 0 Å². The van der Waals surface area contributed by atoms with Crippen molar-refractivity contribution < 1.29 is 31.5 Å². The second-order valence-corrected chi connectivity index (χ2v) is 11.1. The third-order valence-electron chi connectivity index (χ3n) is 7.90. The maximum atomic E-state index is 14.3. The largest absolute Gasteiger partial charge is 0.416 e. The van der Waals surface area contributed by atoms with Gasteiger partial charge in [0.15, 0.2) is 0 Å². The van der Waals surface area contributed by atoms with E-state index in [9.17, 15) is 31.5 Å². The van der Waals surface area contributed by atoms with E-state index in [0.717, 1.165) is 29.0 Å². The molecule has 2 aliphatic heterocycles. The summed E-state index contributed by atoms with van der Waals surface area (Å²) in [6, 6.07) is 9.19. The molecule has 1 atom stereocenters. The Morgan fingerprint density at radius 3 is 2.64 bits per heavy atom. The number of nitrogens with one attached hydrogen (secondary N) is 2. The normalized spacial score (nSPS) is 16.0. The zero-order valence-electron chi connectivity index (χ0n) is 22.9. The van der Waals surface area contributed by atoms with Crippen LogP contribution in [0, 0.1) is 11.6 Å². The van der Waals surface area contributed by atoms with Gasteiger partial charge in [0.1, 0.15) is 23.0 Å². The third kappa shape index (κ3) is 5.12.